The molecular formula is C13H17ClSSi. The van der Waals surface area contributed by atoms with Crippen molar-refractivity contribution < 1.29 is 0 Å². The van der Waals surface area contributed by atoms with Crippen molar-refractivity contribution in [1.29, 1.82) is 0 Å². The second kappa shape index (κ2) is 5.76. The lowest BCUT2D eigenvalue weighted by molar-refractivity contribution is 1.47. The molecule has 0 N–H and O–H groups in total. The van der Waals surface area contributed by atoms with E-state index in [1.54, 1.807) is 17.8 Å². The highest BCUT2D eigenvalue weighted by Gasteiger charge is 2.23. The highest BCUT2D eigenvalue weighted by atomic mass is 35.5. The fourth-order valence-corrected chi connectivity index (χ4v) is 5.33. The Labute approximate surface area is 108 Å². The molecule has 0 aliphatic rings. The Morgan fingerprint density at radius 3 is 2.25 bits per heavy atom. The molecule has 0 fully saturated rings. The lowest BCUT2D eigenvalue weighted by Crippen LogP contribution is -2.22. The minimum atomic E-state index is -1.41. The molecule has 16 heavy (non-hydrogen) atoms. The predicted molar refractivity (Wildman–Crippen MR) is 78.7 cm³/mol. The van der Waals surface area contributed by atoms with Crippen LogP contribution in [-0.2, 0) is 0 Å². The maximum absolute atomic E-state index is 6.24. The summed E-state index contributed by atoms with van der Waals surface area (Å²) in [6, 6.07) is 10.3. The Kier molecular flexibility index (Phi) is 4.90. The van der Waals surface area contributed by atoms with E-state index in [-0.39, 0.29) is 0 Å². The number of hydrogen-bond acceptors (Lipinski definition) is 1. The van der Waals surface area contributed by atoms with Gasteiger partial charge in [-0.1, -0.05) is 73.9 Å². The van der Waals surface area contributed by atoms with Gasteiger partial charge in [0.1, 0.15) is 0 Å². The zero-order valence-electron chi connectivity index (χ0n) is 9.96. The summed E-state index contributed by atoms with van der Waals surface area (Å²) >= 11 is 8.01. The molecule has 0 saturated heterocycles. The largest absolute Gasteiger partial charge is 0.0976 e. The van der Waals surface area contributed by atoms with E-state index >= 15 is 0 Å². The molecule has 0 nitrogen and oxygen atoms in total. The molecule has 0 unspecified atom stereocenters. The summed E-state index contributed by atoms with van der Waals surface area (Å²) in [5, 5.41) is 0.799. The van der Waals surface area contributed by atoms with Crippen molar-refractivity contribution in [1.82, 2.24) is 0 Å². The lowest BCUT2D eigenvalue weighted by atomic mass is 10.4. The Morgan fingerprint density at radius 2 is 1.81 bits per heavy atom. The molecule has 0 radical (unpaired) electrons. The third-order valence-electron chi connectivity index (χ3n) is 2.04. The lowest BCUT2D eigenvalue weighted by Gasteiger charge is -2.21. The van der Waals surface area contributed by atoms with E-state index < -0.39 is 8.07 Å². The maximum atomic E-state index is 6.24. The Balaban J connectivity index is 3.03. The molecule has 0 atom stereocenters. The Morgan fingerprint density at radius 1 is 1.25 bits per heavy atom. The molecule has 0 aliphatic carbocycles. The molecule has 0 spiro atoms. The minimum absolute atomic E-state index is 0.799. The van der Waals surface area contributed by atoms with Gasteiger partial charge in [0.05, 0.1) is 8.07 Å². The summed E-state index contributed by atoms with van der Waals surface area (Å²) in [4.78, 5) is 1.24. The molecule has 86 valence electrons. The van der Waals surface area contributed by atoms with Gasteiger partial charge in [-0.15, -0.1) is 0 Å². The molecule has 1 aromatic carbocycles. The van der Waals surface area contributed by atoms with Crippen LogP contribution in [0.4, 0.5) is 0 Å². The molecule has 3 heteroatoms. The number of halogens is 1. The summed E-state index contributed by atoms with van der Waals surface area (Å²) in [5.41, 5.74) is 0. The van der Waals surface area contributed by atoms with Crippen molar-refractivity contribution >= 4 is 31.4 Å². The second-order valence-corrected chi connectivity index (χ2v) is 11.4. The van der Waals surface area contributed by atoms with Gasteiger partial charge in [-0.25, -0.2) is 0 Å². The number of allylic oxidation sites excluding steroid dienone is 2. The van der Waals surface area contributed by atoms with Gasteiger partial charge in [0, 0.05) is 9.93 Å². The van der Waals surface area contributed by atoms with Crippen LogP contribution in [-0.4, -0.2) is 8.07 Å². The van der Waals surface area contributed by atoms with Gasteiger partial charge >= 0.3 is 0 Å². The quantitative estimate of drug-likeness (QED) is 0.406. The van der Waals surface area contributed by atoms with Crippen LogP contribution in [0.1, 0.15) is 0 Å². The molecule has 0 aliphatic heterocycles. The first kappa shape index (κ1) is 13.6. The molecule has 0 saturated carbocycles. The number of thioether (sulfide) groups is 1. The number of benzene rings is 1. The van der Waals surface area contributed by atoms with Crippen LogP contribution in [0.3, 0.4) is 0 Å². The van der Waals surface area contributed by atoms with Gasteiger partial charge in [-0.2, -0.15) is 0 Å². The van der Waals surface area contributed by atoms with Crippen molar-refractivity contribution in [3.8, 4) is 0 Å². The third kappa shape index (κ3) is 3.85. The van der Waals surface area contributed by atoms with Crippen molar-refractivity contribution in [2.45, 2.75) is 24.5 Å². The third-order valence-corrected chi connectivity index (χ3v) is 7.36. The van der Waals surface area contributed by atoms with Crippen LogP contribution in [0.25, 0.3) is 0 Å². The van der Waals surface area contributed by atoms with Crippen molar-refractivity contribution in [3.05, 3.63) is 52.5 Å². The van der Waals surface area contributed by atoms with Crippen LogP contribution in [0, 0.1) is 0 Å². The van der Waals surface area contributed by atoms with E-state index in [2.05, 4.69) is 38.4 Å². The first-order valence-corrected chi connectivity index (χ1v) is 9.90. The average molecular weight is 269 g/mol. The van der Waals surface area contributed by atoms with E-state index in [0.717, 1.165) is 5.03 Å². The molecule has 0 aromatic heterocycles. The molecule has 0 amide bonds. The van der Waals surface area contributed by atoms with Crippen LogP contribution >= 0.6 is 23.4 Å². The van der Waals surface area contributed by atoms with Gasteiger partial charge in [-0.05, 0) is 16.7 Å². The standard InChI is InChI=1S/C13H17ClSSi/c1-5-12(14)13(16(2,3)4)15-11-9-7-6-8-10-11/h5-10H,1H2,2-4H3/b13-12-. The van der Waals surface area contributed by atoms with E-state index in [1.165, 1.54) is 9.42 Å². The molecule has 0 bridgehead atoms. The first-order chi connectivity index (χ1) is 7.45. The number of hydrogen-bond donors (Lipinski definition) is 0. The highest BCUT2D eigenvalue weighted by Crippen LogP contribution is 2.36. The van der Waals surface area contributed by atoms with Gasteiger partial charge in [-0.3, -0.25) is 0 Å². The topological polar surface area (TPSA) is 0 Å². The van der Waals surface area contributed by atoms with Gasteiger partial charge in [0.15, 0.2) is 0 Å². The second-order valence-electron chi connectivity index (χ2n) is 4.55. The van der Waals surface area contributed by atoms with E-state index in [9.17, 15) is 0 Å². The number of rotatable bonds is 4. The van der Waals surface area contributed by atoms with Crippen LogP contribution in [0.2, 0.25) is 19.6 Å². The summed E-state index contributed by atoms with van der Waals surface area (Å²) in [5.74, 6) is 0. The van der Waals surface area contributed by atoms with Crippen LogP contribution in [0.15, 0.2) is 57.4 Å². The Bertz CT molecular complexity index is 390. The average Bonchev–Trinajstić information content (AvgIpc) is 2.25. The van der Waals surface area contributed by atoms with Crippen molar-refractivity contribution in [3.63, 3.8) is 0 Å². The van der Waals surface area contributed by atoms with Gasteiger partial charge in [0.2, 0.25) is 0 Å². The molecule has 1 aromatic rings. The smallest absolute Gasteiger partial charge is 0.0881 e. The Hall–Kier alpha value is -0.443. The molecular weight excluding hydrogens is 252 g/mol. The molecule has 1 rings (SSSR count). The fraction of sp³-hybridized carbons (Fsp3) is 0.231. The zero-order valence-corrected chi connectivity index (χ0v) is 12.5. The zero-order chi connectivity index (χ0) is 12.2. The summed E-state index contributed by atoms with van der Waals surface area (Å²) in [7, 11) is -1.41. The fourth-order valence-electron chi connectivity index (χ4n) is 1.26. The van der Waals surface area contributed by atoms with E-state index in [4.69, 9.17) is 11.6 Å². The SMILES string of the molecule is C=C/C(Cl)=C(\Sc1ccccc1)[Si](C)(C)C. The van der Waals surface area contributed by atoms with E-state index in [1.807, 2.05) is 18.2 Å². The summed E-state index contributed by atoms with van der Waals surface area (Å²) in [6.45, 7) is 10.6. The van der Waals surface area contributed by atoms with Crippen molar-refractivity contribution in [2.24, 2.45) is 0 Å². The van der Waals surface area contributed by atoms with Gasteiger partial charge in [0.25, 0.3) is 0 Å². The van der Waals surface area contributed by atoms with Gasteiger partial charge < -0.3 is 0 Å². The summed E-state index contributed by atoms with van der Waals surface area (Å²) < 4.78 is 1.29. The van der Waals surface area contributed by atoms with Crippen LogP contribution in [0.5, 0.6) is 0 Å². The summed E-state index contributed by atoms with van der Waals surface area (Å²) in [6.07, 6.45) is 1.74. The highest BCUT2D eigenvalue weighted by molar-refractivity contribution is 8.05. The van der Waals surface area contributed by atoms with Crippen molar-refractivity contribution in [2.75, 3.05) is 0 Å². The molecule has 0 heterocycles. The normalized spacial score (nSPS) is 13.2. The monoisotopic (exact) mass is 268 g/mol. The minimum Gasteiger partial charge on any atom is -0.0976 e. The predicted octanol–water partition coefficient (Wildman–Crippen LogP) is 5.29. The first-order valence-electron chi connectivity index (χ1n) is 5.20. The maximum Gasteiger partial charge on any atom is 0.0881 e. The van der Waals surface area contributed by atoms with Crippen LogP contribution < -0.4 is 0 Å². The van der Waals surface area contributed by atoms with E-state index in [0.29, 0.717) is 0 Å².